The summed E-state index contributed by atoms with van der Waals surface area (Å²) in [6, 6.07) is 2.05. The first-order valence-corrected chi connectivity index (χ1v) is 10.0. The van der Waals surface area contributed by atoms with Crippen molar-refractivity contribution in [3.05, 3.63) is 34.2 Å². The second-order valence-electron chi connectivity index (χ2n) is 6.77. The zero-order valence-electron chi connectivity index (χ0n) is 14.9. The Morgan fingerprint density at radius 3 is 2.65 bits per heavy atom. The molecule has 1 amide bonds. The van der Waals surface area contributed by atoms with Gasteiger partial charge in [-0.1, -0.05) is 0 Å². The molecule has 2 fully saturated rings. The third kappa shape index (κ3) is 3.71. The SMILES string of the molecule is Cc1cc(N2CCOCC2)nc(C2CCN(C(=O)c3cscn3)CC2)n1. The molecule has 7 nitrogen and oxygen atoms in total. The van der Waals surface area contributed by atoms with E-state index in [-0.39, 0.29) is 5.91 Å². The van der Waals surface area contributed by atoms with Crippen LogP contribution in [0, 0.1) is 6.92 Å². The minimum absolute atomic E-state index is 0.0314. The number of likely N-dealkylation sites (tertiary alicyclic amines) is 1. The van der Waals surface area contributed by atoms with Crippen LogP contribution in [0.4, 0.5) is 5.82 Å². The first-order valence-electron chi connectivity index (χ1n) is 9.06. The summed E-state index contributed by atoms with van der Waals surface area (Å²) in [6.45, 7) is 6.71. The van der Waals surface area contributed by atoms with Crippen molar-refractivity contribution in [3.63, 3.8) is 0 Å². The van der Waals surface area contributed by atoms with Crippen molar-refractivity contribution >= 4 is 23.1 Å². The number of hydrogen-bond acceptors (Lipinski definition) is 7. The number of thiazole rings is 1. The fraction of sp³-hybridized carbons (Fsp3) is 0.556. The van der Waals surface area contributed by atoms with Crippen molar-refractivity contribution in [2.45, 2.75) is 25.7 Å². The Hall–Kier alpha value is -2.06. The average Bonchev–Trinajstić information content (AvgIpc) is 3.22. The average molecular weight is 373 g/mol. The number of anilines is 1. The van der Waals surface area contributed by atoms with Gasteiger partial charge in [0, 0.05) is 49.2 Å². The van der Waals surface area contributed by atoms with Gasteiger partial charge in [-0.15, -0.1) is 11.3 Å². The van der Waals surface area contributed by atoms with Crippen molar-refractivity contribution in [1.82, 2.24) is 19.9 Å². The van der Waals surface area contributed by atoms with Gasteiger partial charge >= 0.3 is 0 Å². The summed E-state index contributed by atoms with van der Waals surface area (Å²) in [5, 5.41) is 1.81. The number of ether oxygens (including phenoxy) is 1. The molecule has 0 radical (unpaired) electrons. The lowest BCUT2D eigenvalue weighted by Gasteiger charge is -2.32. The molecule has 0 spiro atoms. The number of carbonyl (C=O) groups is 1. The van der Waals surface area contributed by atoms with Gasteiger partial charge < -0.3 is 14.5 Å². The molecule has 138 valence electrons. The molecule has 4 rings (SSSR count). The Morgan fingerprint density at radius 2 is 1.96 bits per heavy atom. The molecule has 0 aromatic carbocycles. The monoisotopic (exact) mass is 373 g/mol. The molecule has 0 bridgehead atoms. The van der Waals surface area contributed by atoms with Gasteiger partial charge in [0.1, 0.15) is 17.3 Å². The van der Waals surface area contributed by atoms with Crippen molar-refractivity contribution in [2.24, 2.45) is 0 Å². The molecule has 2 aromatic heterocycles. The number of carbonyl (C=O) groups excluding carboxylic acids is 1. The highest BCUT2D eigenvalue weighted by Crippen LogP contribution is 2.28. The molecular formula is C18H23N5O2S. The Bertz CT molecular complexity index is 753. The molecule has 2 aliphatic rings. The maximum absolute atomic E-state index is 12.4. The van der Waals surface area contributed by atoms with E-state index >= 15 is 0 Å². The molecule has 0 N–H and O–H groups in total. The molecule has 0 aliphatic carbocycles. The summed E-state index contributed by atoms with van der Waals surface area (Å²) in [4.78, 5) is 30.3. The van der Waals surface area contributed by atoms with E-state index in [2.05, 4.69) is 20.9 Å². The van der Waals surface area contributed by atoms with Gasteiger partial charge in [0.15, 0.2) is 0 Å². The lowest BCUT2D eigenvalue weighted by atomic mass is 9.95. The highest BCUT2D eigenvalue weighted by atomic mass is 32.1. The fourth-order valence-electron chi connectivity index (χ4n) is 3.53. The van der Waals surface area contributed by atoms with Crippen molar-refractivity contribution in [1.29, 1.82) is 0 Å². The Morgan fingerprint density at radius 1 is 1.19 bits per heavy atom. The van der Waals surface area contributed by atoms with Gasteiger partial charge in [-0.2, -0.15) is 0 Å². The number of morpholine rings is 1. The smallest absolute Gasteiger partial charge is 0.273 e. The number of piperidine rings is 1. The standard InChI is InChI=1S/C18H23N5O2S/c1-13-10-16(22-6-8-25-9-7-22)21-17(20-13)14-2-4-23(5-3-14)18(24)15-11-26-12-19-15/h10-12,14H,2-9H2,1H3. The minimum atomic E-state index is 0.0314. The van der Waals surface area contributed by atoms with Gasteiger partial charge in [-0.05, 0) is 19.8 Å². The summed E-state index contributed by atoms with van der Waals surface area (Å²) >= 11 is 1.45. The topological polar surface area (TPSA) is 71.5 Å². The van der Waals surface area contributed by atoms with Crippen LogP contribution >= 0.6 is 11.3 Å². The molecule has 0 unspecified atom stereocenters. The van der Waals surface area contributed by atoms with Crippen LogP contribution in [0.25, 0.3) is 0 Å². The summed E-state index contributed by atoms with van der Waals surface area (Å²) < 4.78 is 5.44. The first kappa shape index (κ1) is 17.4. The number of aromatic nitrogens is 3. The van der Waals surface area contributed by atoms with Crippen LogP contribution in [0.5, 0.6) is 0 Å². The summed E-state index contributed by atoms with van der Waals surface area (Å²) in [7, 11) is 0. The van der Waals surface area contributed by atoms with Crippen LogP contribution in [0.1, 0.15) is 40.8 Å². The van der Waals surface area contributed by atoms with E-state index < -0.39 is 0 Å². The number of aryl methyl sites for hydroxylation is 1. The normalized spacial score (nSPS) is 19.0. The fourth-order valence-corrected chi connectivity index (χ4v) is 4.06. The summed E-state index contributed by atoms with van der Waals surface area (Å²) in [6.07, 6.45) is 1.78. The van der Waals surface area contributed by atoms with Gasteiger partial charge in [0.05, 0.1) is 18.7 Å². The molecule has 2 aliphatic heterocycles. The Labute approximate surface area is 157 Å². The van der Waals surface area contributed by atoms with Gasteiger partial charge in [0.2, 0.25) is 0 Å². The van der Waals surface area contributed by atoms with Gasteiger partial charge in [-0.3, -0.25) is 4.79 Å². The molecule has 4 heterocycles. The first-order chi connectivity index (χ1) is 12.7. The van der Waals surface area contributed by atoms with E-state index in [1.54, 1.807) is 5.51 Å². The molecule has 0 atom stereocenters. The number of hydrogen-bond donors (Lipinski definition) is 0. The van der Waals surface area contributed by atoms with Crippen LogP contribution < -0.4 is 4.90 Å². The molecule has 8 heteroatoms. The van der Waals surface area contributed by atoms with E-state index in [0.29, 0.717) is 11.6 Å². The lowest BCUT2D eigenvalue weighted by Crippen LogP contribution is -2.39. The van der Waals surface area contributed by atoms with Gasteiger partial charge in [-0.25, -0.2) is 15.0 Å². The van der Waals surface area contributed by atoms with Crippen LogP contribution in [-0.2, 0) is 4.74 Å². The number of amides is 1. The summed E-state index contributed by atoms with van der Waals surface area (Å²) in [5.74, 6) is 2.24. The van der Waals surface area contributed by atoms with Crippen LogP contribution in [0.15, 0.2) is 17.0 Å². The maximum Gasteiger partial charge on any atom is 0.273 e. The van der Waals surface area contributed by atoms with Crippen LogP contribution in [0.3, 0.4) is 0 Å². The van der Waals surface area contributed by atoms with E-state index in [0.717, 1.165) is 69.6 Å². The van der Waals surface area contributed by atoms with Crippen LogP contribution in [0.2, 0.25) is 0 Å². The van der Waals surface area contributed by atoms with E-state index in [1.165, 1.54) is 11.3 Å². The second-order valence-corrected chi connectivity index (χ2v) is 7.48. The summed E-state index contributed by atoms with van der Waals surface area (Å²) in [5.41, 5.74) is 3.25. The van der Waals surface area contributed by atoms with E-state index in [9.17, 15) is 4.79 Å². The quantitative estimate of drug-likeness (QED) is 0.820. The van der Waals surface area contributed by atoms with Crippen LogP contribution in [-0.4, -0.2) is 65.2 Å². The predicted octanol–water partition coefficient (Wildman–Crippen LogP) is 2.10. The highest BCUT2D eigenvalue weighted by molar-refractivity contribution is 7.07. The third-order valence-electron chi connectivity index (χ3n) is 4.99. The van der Waals surface area contributed by atoms with E-state index in [1.807, 2.05) is 17.2 Å². The Balaban J connectivity index is 1.44. The second kappa shape index (κ2) is 7.67. The zero-order valence-corrected chi connectivity index (χ0v) is 15.7. The molecule has 2 aromatic rings. The molecule has 26 heavy (non-hydrogen) atoms. The van der Waals surface area contributed by atoms with Crippen molar-refractivity contribution < 1.29 is 9.53 Å². The predicted molar refractivity (Wildman–Crippen MR) is 99.8 cm³/mol. The molecular weight excluding hydrogens is 350 g/mol. The zero-order chi connectivity index (χ0) is 17.9. The van der Waals surface area contributed by atoms with Crippen molar-refractivity contribution in [3.8, 4) is 0 Å². The Kier molecular flexibility index (Phi) is 5.12. The molecule has 2 saturated heterocycles. The maximum atomic E-state index is 12.4. The number of rotatable bonds is 3. The third-order valence-corrected chi connectivity index (χ3v) is 5.58. The lowest BCUT2D eigenvalue weighted by molar-refractivity contribution is 0.0706. The number of nitrogens with zero attached hydrogens (tertiary/aromatic N) is 5. The van der Waals surface area contributed by atoms with E-state index in [4.69, 9.17) is 9.72 Å². The minimum Gasteiger partial charge on any atom is -0.378 e. The van der Waals surface area contributed by atoms with Crippen molar-refractivity contribution in [2.75, 3.05) is 44.3 Å². The largest absolute Gasteiger partial charge is 0.378 e. The molecule has 0 saturated carbocycles. The highest BCUT2D eigenvalue weighted by Gasteiger charge is 2.27. The van der Waals surface area contributed by atoms with Gasteiger partial charge in [0.25, 0.3) is 5.91 Å².